The predicted molar refractivity (Wildman–Crippen MR) is 68.2 cm³/mol. The number of likely N-dealkylation sites (N-methyl/N-ethyl adjacent to an activating group) is 1. The lowest BCUT2D eigenvalue weighted by atomic mass is 9.88. The van der Waals surface area contributed by atoms with Crippen LogP contribution in [0, 0.1) is 5.92 Å². The highest BCUT2D eigenvalue weighted by molar-refractivity contribution is 4.98. The van der Waals surface area contributed by atoms with Crippen molar-refractivity contribution in [2.24, 2.45) is 5.92 Å². The van der Waals surface area contributed by atoms with Crippen LogP contribution in [0.3, 0.4) is 0 Å². The minimum Gasteiger partial charge on any atom is -0.381 e. The second-order valence-corrected chi connectivity index (χ2v) is 5.61. The molecule has 4 aliphatic heterocycles. The van der Waals surface area contributed by atoms with Crippen LogP contribution in [0.4, 0.5) is 0 Å². The molecule has 0 aromatic rings. The van der Waals surface area contributed by atoms with E-state index in [-0.39, 0.29) is 0 Å². The third-order valence-corrected chi connectivity index (χ3v) is 4.65. The Labute approximate surface area is 104 Å². The number of rotatable bonds is 4. The van der Waals surface area contributed by atoms with E-state index >= 15 is 0 Å². The molecule has 3 unspecified atom stereocenters. The molecule has 2 bridgehead atoms. The average molecular weight is 239 g/mol. The van der Waals surface area contributed by atoms with E-state index in [1.165, 1.54) is 39.1 Å². The quantitative estimate of drug-likeness (QED) is 0.747. The van der Waals surface area contributed by atoms with E-state index in [2.05, 4.69) is 22.0 Å². The zero-order valence-electron chi connectivity index (χ0n) is 10.9. The fraction of sp³-hybridized carbons (Fsp3) is 1.00. The van der Waals surface area contributed by atoms with Crippen molar-refractivity contribution >= 4 is 0 Å². The van der Waals surface area contributed by atoms with Crippen LogP contribution >= 0.6 is 0 Å². The predicted octanol–water partition coefficient (Wildman–Crippen LogP) is 0.000800. The van der Waals surface area contributed by atoms with E-state index in [1.807, 2.05) is 0 Å². The third kappa shape index (κ3) is 2.36. The maximum atomic E-state index is 5.58. The lowest BCUT2D eigenvalue weighted by Gasteiger charge is -2.51. The summed E-state index contributed by atoms with van der Waals surface area (Å²) in [5, 5.41) is 3.73. The van der Waals surface area contributed by atoms with Crippen molar-refractivity contribution in [3.63, 3.8) is 0 Å². The summed E-state index contributed by atoms with van der Waals surface area (Å²) in [7, 11) is 0. The van der Waals surface area contributed by atoms with Crippen molar-refractivity contribution in [1.29, 1.82) is 0 Å². The first-order valence-corrected chi connectivity index (χ1v) is 7.16. The normalized spacial score (nSPS) is 42.9. The molecule has 0 aromatic carbocycles. The zero-order valence-corrected chi connectivity index (χ0v) is 10.9. The minimum absolute atomic E-state index is 0.630. The molecule has 1 N–H and O–H groups in total. The molecule has 0 radical (unpaired) electrons. The molecule has 0 aliphatic carbocycles. The Kier molecular flexibility index (Phi) is 3.66. The molecule has 4 saturated heterocycles. The number of ether oxygens (including phenoxy) is 1. The Bertz CT molecular complexity index is 247. The van der Waals surface area contributed by atoms with Crippen molar-refractivity contribution in [3.05, 3.63) is 0 Å². The molecule has 3 atom stereocenters. The molecular weight excluding hydrogens is 214 g/mol. The van der Waals surface area contributed by atoms with Gasteiger partial charge in [-0.2, -0.15) is 0 Å². The maximum Gasteiger partial charge on any atom is 0.0510 e. The highest BCUT2D eigenvalue weighted by atomic mass is 16.5. The van der Waals surface area contributed by atoms with Gasteiger partial charge in [0.2, 0.25) is 0 Å². The largest absolute Gasteiger partial charge is 0.381 e. The van der Waals surface area contributed by atoms with Gasteiger partial charge in [0.05, 0.1) is 6.61 Å². The van der Waals surface area contributed by atoms with Gasteiger partial charge in [0, 0.05) is 57.3 Å². The Morgan fingerprint density at radius 1 is 1.29 bits per heavy atom. The molecule has 4 aliphatic rings. The highest BCUT2D eigenvalue weighted by Gasteiger charge is 2.40. The summed E-state index contributed by atoms with van der Waals surface area (Å²) in [5.74, 6) is 0.723. The Balaban J connectivity index is 1.69. The number of nitrogens with one attached hydrogen (secondary N) is 1. The number of hydrogen-bond donors (Lipinski definition) is 1. The fourth-order valence-electron chi connectivity index (χ4n) is 3.69. The maximum absolute atomic E-state index is 5.58. The van der Waals surface area contributed by atoms with Crippen LogP contribution in [-0.4, -0.2) is 74.4 Å². The summed E-state index contributed by atoms with van der Waals surface area (Å²) in [6.45, 7) is 11.6. The summed E-state index contributed by atoms with van der Waals surface area (Å²) in [6.07, 6.45) is 1.24. The smallest absolute Gasteiger partial charge is 0.0510 e. The van der Waals surface area contributed by atoms with Crippen LogP contribution in [0.25, 0.3) is 0 Å². The summed E-state index contributed by atoms with van der Waals surface area (Å²) < 4.78 is 5.58. The topological polar surface area (TPSA) is 27.7 Å². The number of nitrogens with zero attached hydrogens (tertiary/aromatic N) is 2. The van der Waals surface area contributed by atoms with Gasteiger partial charge in [-0.25, -0.2) is 0 Å². The monoisotopic (exact) mass is 239 g/mol. The summed E-state index contributed by atoms with van der Waals surface area (Å²) in [4.78, 5) is 5.33. The number of fused-ring (bicyclic) bond motifs is 3. The fourth-order valence-corrected chi connectivity index (χ4v) is 3.69. The van der Waals surface area contributed by atoms with Crippen LogP contribution < -0.4 is 5.32 Å². The van der Waals surface area contributed by atoms with Gasteiger partial charge in [-0.05, 0) is 13.0 Å². The van der Waals surface area contributed by atoms with Gasteiger partial charge in [-0.1, -0.05) is 6.92 Å². The zero-order chi connectivity index (χ0) is 11.7. The molecule has 4 fully saturated rings. The lowest BCUT2D eigenvalue weighted by molar-refractivity contribution is -0.0137. The first-order chi connectivity index (χ1) is 8.38. The van der Waals surface area contributed by atoms with Gasteiger partial charge < -0.3 is 10.1 Å². The van der Waals surface area contributed by atoms with Crippen molar-refractivity contribution in [2.45, 2.75) is 25.4 Å². The van der Waals surface area contributed by atoms with Crippen molar-refractivity contribution in [1.82, 2.24) is 15.1 Å². The summed E-state index contributed by atoms with van der Waals surface area (Å²) >= 11 is 0. The molecule has 17 heavy (non-hydrogen) atoms. The van der Waals surface area contributed by atoms with Crippen molar-refractivity contribution < 1.29 is 4.74 Å². The van der Waals surface area contributed by atoms with Gasteiger partial charge >= 0.3 is 0 Å². The van der Waals surface area contributed by atoms with Gasteiger partial charge in [0.25, 0.3) is 0 Å². The van der Waals surface area contributed by atoms with E-state index in [9.17, 15) is 0 Å². The summed E-state index contributed by atoms with van der Waals surface area (Å²) in [5.41, 5.74) is 0. The molecule has 0 spiro atoms. The Morgan fingerprint density at radius 2 is 2.12 bits per heavy atom. The first-order valence-electron chi connectivity index (χ1n) is 7.16. The second-order valence-electron chi connectivity index (χ2n) is 5.61. The van der Waals surface area contributed by atoms with E-state index < -0.39 is 0 Å². The molecule has 4 nitrogen and oxygen atoms in total. The van der Waals surface area contributed by atoms with Crippen LogP contribution in [-0.2, 0) is 4.74 Å². The Hall–Kier alpha value is -0.160. The van der Waals surface area contributed by atoms with E-state index in [0.717, 1.165) is 25.7 Å². The molecule has 0 saturated carbocycles. The van der Waals surface area contributed by atoms with Gasteiger partial charge in [0.1, 0.15) is 0 Å². The van der Waals surface area contributed by atoms with Crippen LogP contribution in [0.15, 0.2) is 0 Å². The third-order valence-electron chi connectivity index (χ3n) is 4.65. The standard InChI is InChI=1S/C13H25N3O/c1-2-14-13(11-3-8-17-10-11)12-9-15-4-6-16(12)7-5-15/h11-14H,2-10H2,1H3. The average Bonchev–Trinajstić information content (AvgIpc) is 2.91. The van der Waals surface area contributed by atoms with Gasteiger partial charge in [-0.3, -0.25) is 9.80 Å². The molecule has 4 heterocycles. The van der Waals surface area contributed by atoms with Crippen molar-refractivity contribution in [3.8, 4) is 0 Å². The van der Waals surface area contributed by atoms with E-state index in [1.54, 1.807) is 0 Å². The molecular formula is C13H25N3O. The molecule has 98 valence electrons. The molecule has 4 rings (SSSR count). The molecule has 4 heteroatoms. The SMILES string of the molecule is CCNC(C1CCOC1)C1CN2CCN1CC2. The van der Waals surface area contributed by atoms with E-state index in [4.69, 9.17) is 4.74 Å². The van der Waals surface area contributed by atoms with Crippen LogP contribution in [0.2, 0.25) is 0 Å². The lowest BCUT2D eigenvalue weighted by Crippen LogP contribution is -2.67. The first kappa shape index (κ1) is 11.9. The van der Waals surface area contributed by atoms with Gasteiger partial charge in [-0.15, -0.1) is 0 Å². The van der Waals surface area contributed by atoms with Crippen molar-refractivity contribution in [2.75, 3.05) is 52.5 Å². The molecule has 0 amide bonds. The second kappa shape index (κ2) is 5.22. The minimum atomic E-state index is 0.630. The number of piperazine rings is 3. The number of hydrogen-bond acceptors (Lipinski definition) is 4. The summed E-state index contributed by atoms with van der Waals surface area (Å²) in [6, 6.07) is 1.34. The van der Waals surface area contributed by atoms with Crippen LogP contribution in [0.1, 0.15) is 13.3 Å². The Morgan fingerprint density at radius 3 is 2.65 bits per heavy atom. The molecule has 0 aromatic heterocycles. The van der Waals surface area contributed by atoms with Gasteiger partial charge in [0.15, 0.2) is 0 Å². The van der Waals surface area contributed by atoms with Crippen LogP contribution in [0.5, 0.6) is 0 Å². The van der Waals surface area contributed by atoms with E-state index in [0.29, 0.717) is 12.1 Å². The highest BCUT2D eigenvalue weighted by Crippen LogP contribution is 2.26.